The second-order valence-electron chi connectivity index (χ2n) is 16.9. The van der Waals surface area contributed by atoms with E-state index in [0.717, 1.165) is 42.6 Å². The van der Waals surface area contributed by atoms with Crippen molar-refractivity contribution in [2.24, 2.45) is 11.8 Å². The van der Waals surface area contributed by atoms with Crippen LogP contribution in [0.1, 0.15) is 96.4 Å². The van der Waals surface area contributed by atoms with Crippen LogP contribution in [0.2, 0.25) is 0 Å². The van der Waals surface area contributed by atoms with Crippen LogP contribution in [0.25, 0.3) is 44.9 Å². The van der Waals surface area contributed by atoms with E-state index in [1.54, 1.807) is 28.3 Å². The largest absolute Gasteiger partial charge is 0.469 e. The summed E-state index contributed by atoms with van der Waals surface area (Å²) in [6.45, 7) is 10.6. The van der Waals surface area contributed by atoms with Gasteiger partial charge in [0.2, 0.25) is 11.8 Å². The van der Waals surface area contributed by atoms with Crippen LogP contribution < -0.4 is 15.4 Å². The number of ether oxygens (including phenoxy) is 3. The van der Waals surface area contributed by atoms with Crippen molar-refractivity contribution in [2.45, 2.75) is 97.1 Å². The summed E-state index contributed by atoms with van der Waals surface area (Å²) in [7, 11) is 2.55. The van der Waals surface area contributed by atoms with E-state index in [0.29, 0.717) is 64.6 Å². The number of nitrogens with zero attached hydrogens (tertiary/aromatic N) is 5. The number of amides is 4. The number of nitrogens with one attached hydrogen (secondary N) is 4. The number of aromatic nitrogens is 5. The maximum atomic E-state index is 16.9. The van der Waals surface area contributed by atoms with E-state index in [1.165, 1.54) is 14.2 Å². The third-order valence-corrected chi connectivity index (χ3v) is 12.4. The number of likely N-dealkylation sites (tertiary alicyclic amines) is 2. The van der Waals surface area contributed by atoms with E-state index in [-0.39, 0.29) is 41.6 Å². The van der Waals surface area contributed by atoms with Gasteiger partial charge in [0.15, 0.2) is 12.0 Å². The first kappa shape index (κ1) is 42.3. The maximum Gasteiger partial charge on any atom is 0.407 e. The lowest BCUT2D eigenvalue weighted by Crippen LogP contribution is -2.51. The van der Waals surface area contributed by atoms with Gasteiger partial charge in [0.1, 0.15) is 29.5 Å². The van der Waals surface area contributed by atoms with Gasteiger partial charge in [-0.2, -0.15) is 0 Å². The average molecular weight is 852 g/mol. The number of alkyl carbamates (subject to hydrolysis) is 2. The Morgan fingerprint density at radius 1 is 0.806 bits per heavy atom. The SMILES string of the molecule is CCC1Oc2cc(-c3ncc([C@@H]4CCCN4C(=O)[C@@H](NC(=O)OC)C(C)C)[nH]3)ccc2-c2c(F)c3cc(-c4ncc([C@@H]5CCCN5C(=O)[C@@H](NC(=O)OC)C(C)C)[nH]4)ccc3n21. The molecule has 3 aliphatic rings. The van der Waals surface area contributed by atoms with Crippen LogP contribution in [0.15, 0.2) is 48.8 Å². The molecular weight excluding hydrogens is 798 g/mol. The molecule has 2 aromatic carbocycles. The number of imidazole rings is 2. The van der Waals surface area contributed by atoms with Gasteiger partial charge >= 0.3 is 12.2 Å². The van der Waals surface area contributed by atoms with E-state index in [4.69, 9.17) is 19.2 Å². The molecular formula is C45H54FN9O7. The Morgan fingerprint density at radius 2 is 1.32 bits per heavy atom. The molecule has 4 amide bonds. The number of hydrogen-bond acceptors (Lipinski definition) is 9. The molecule has 0 radical (unpaired) electrons. The van der Waals surface area contributed by atoms with Crippen LogP contribution >= 0.6 is 0 Å². The molecule has 2 fully saturated rings. The summed E-state index contributed by atoms with van der Waals surface area (Å²) in [6.07, 6.45) is 5.33. The fourth-order valence-electron chi connectivity index (χ4n) is 9.16. The molecule has 0 aliphatic carbocycles. The van der Waals surface area contributed by atoms with Gasteiger partial charge in [-0.05, 0) is 67.9 Å². The zero-order valence-corrected chi connectivity index (χ0v) is 36.1. The molecule has 1 unspecified atom stereocenters. The summed E-state index contributed by atoms with van der Waals surface area (Å²) in [5.41, 5.74) is 4.70. The number of rotatable bonds is 11. The minimum atomic E-state index is -0.739. The second kappa shape index (κ2) is 17.2. The zero-order chi connectivity index (χ0) is 44.0. The standard InChI is InChI=1S/C45H54FN9O7/c1-8-35-55-31-16-14-25(40-47-21-29(49-40)32-11-9-17-53(32)42(56)37(23(2)3)51-44(58)60-6)19-28(31)36(46)39(55)27-15-13-26(20-34(27)62-35)41-48-22-30(50-41)33-12-10-18-54(33)43(57)38(24(4)5)52-45(59)61-7/h13-16,19-24,32-33,35,37-38H,8-12,17-18H2,1-7H3,(H,47,49)(H,48,50)(H,51,58)(H,52,59)/t32-,33-,35?,37-,38-/m0/s1. The van der Waals surface area contributed by atoms with Crippen LogP contribution in [0, 0.1) is 17.7 Å². The number of aromatic amines is 2. The highest BCUT2D eigenvalue weighted by Gasteiger charge is 2.39. The number of carbonyl (C=O) groups is 4. The summed E-state index contributed by atoms with van der Waals surface area (Å²) in [6, 6.07) is 9.21. The Hall–Kier alpha value is -6.39. The molecule has 2 saturated heterocycles. The summed E-state index contributed by atoms with van der Waals surface area (Å²) < 4.78 is 34.9. The number of H-pyrrole nitrogens is 2. The summed E-state index contributed by atoms with van der Waals surface area (Å²) in [5.74, 6) is 0.638. The van der Waals surface area contributed by atoms with Gasteiger partial charge < -0.3 is 49.2 Å². The molecule has 0 bridgehead atoms. The third-order valence-electron chi connectivity index (χ3n) is 12.4. The van der Waals surface area contributed by atoms with Crippen molar-refractivity contribution in [3.63, 3.8) is 0 Å². The average Bonchev–Trinajstić information content (AvgIpc) is 4.13. The predicted molar refractivity (Wildman–Crippen MR) is 228 cm³/mol. The monoisotopic (exact) mass is 851 g/mol. The number of hydrogen-bond donors (Lipinski definition) is 4. The van der Waals surface area contributed by atoms with E-state index in [2.05, 4.69) is 25.6 Å². The molecule has 16 nitrogen and oxygen atoms in total. The van der Waals surface area contributed by atoms with Crippen molar-refractivity contribution < 1.29 is 37.8 Å². The van der Waals surface area contributed by atoms with Gasteiger partial charge in [0.25, 0.3) is 0 Å². The number of carbonyl (C=O) groups excluding carboxylic acids is 4. The van der Waals surface area contributed by atoms with Crippen LogP contribution in [-0.2, 0) is 19.1 Å². The highest BCUT2D eigenvalue weighted by Crippen LogP contribution is 2.47. The number of halogens is 1. The first-order chi connectivity index (χ1) is 29.8. The van der Waals surface area contributed by atoms with Crippen molar-refractivity contribution in [3.8, 4) is 39.8 Å². The molecule has 8 rings (SSSR count). The number of methoxy groups -OCH3 is 2. The third kappa shape index (κ3) is 7.61. The Morgan fingerprint density at radius 3 is 1.82 bits per heavy atom. The molecule has 3 aliphatic heterocycles. The van der Waals surface area contributed by atoms with Crippen molar-refractivity contribution >= 4 is 34.9 Å². The topological polar surface area (TPSA) is 189 Å². The molecule has 4 N–H and O–H groups in total. The first-order valence-corrected chi connectivity index (χ1v) is 21.4. The van der Waals surface area contributed by atoms with Gasteiger partial charge in [-0.25, -0.2) is 23.9 Å². The maximum absolute atomic E-state index is 16.9. The first-order valence-electron chi connectivity index (χ1n) is 21.4. The summed E-state index contributed by atoms with van der Waals surface area (Å²) in [5, 5.41) is 5.80. The predicted octanol–water partition coefficient (Wildman–Crippen LogP) is 7.62. The van der Waals surface area contributed by atoms with Gasteiger partial charge in [0.05, 0.1) is 61.3 Å². The minimum absolute atomic E-state index is 0.144. The highest BCUT2D eigenvalue weighted by atomic mass is 19.1. The molecule has 0 saturated carbocycles. The van der Waals surface area contributed by atoms with E-state index >= 15 is 4.39 Å². The number of fused-ring (bicyclic) bond motifs is 5. The smallest absolute Gasteiger partial charge is 0.407 e. The second-order valence-corrected chi connectivity index (χ2v) is 16.9. The molecule has 17 heteroatoms. The van der Waals surface area contributed by atoms with Crippen LogP contribution in [0.5, 0.6) is 5.75 Å². The van der Waals surface area contributed by atoms with Crippen LogP contribution in [0.4, 0.5) is 14.0 Å². The lowest BCUT2D eigenvalue weighted by molar-refractivity contribution is -0.136. The quantitative estimate of drug-likeness (QED) is 0.104. The molecule has 328 valence electrons. The normalized spacial score (nSPS) is 19.3. The van der Waals surface area contributed by atoms with E-state index in [9.17, 15) is 19.2 Å². The lowest BCUT2D eigenvalue weighted by atomic mass is 10.0. The van der Waals surface area contributed by atoms with Crippen molar-refractivity contribution in [1.82, 2.24) is 44.9 Å². The Balaban J connectivity index is 1.05. The van der Waals surface area contributed by atoms with Gasteiger partial charge in [0, 0.05) is 41.6 Å². The Kier molecular flexibility index (Phi) is 11.7. The Labute approximate surface area is 358 Å². The van der Waals surface area contributed by atoms with Crippen molar-refractivity contribution in [3.05, 3.63) is 66.0 Å². The molecule has 62 heavy (non-hydrogen) atoms. The van der Waals surface area contributed by atoms with Crippen LogP contribution in [0.3, 0.4) is 0 Å². The van der Waals surface area contributed by atoms with E-state index < -0.39 is 30.5 Å². The summed E-state index contributed by atoms with van der Waals surface area (Å²) >= 11 is 0. The van der Waals surface area contributed by atoms with Gasteiger partial charge in [-0.15, -0.1) is 0 Å². The highest BCUT2D eigenvalue weighted by molar-refractivity contribution is 5.93. The molecule has 5 aromatic rings. The van der Waals surface area contributed by atoms with Crippen molar-refractivity contribution in [1.29, 1.82) is 0 Å². The van der Waals surface area contributed by atoms with E-state index in [1.807, 2.05) is 69.5 Å². The minimum Gasteiger partial charge on any atom is -0.469 e. The van der Waals surface area contributed by atoms with Crippen molar-refractivity contribution in [2.75, 3.05) is 27.3 Å². The molecule has 3 aromatic heterocycles. The fourth-order valence-corrected chi connectivity index (χ4v) is 9.16. The lowest BCUT2D eigenvalue weighted by Gasteiger charge is -2.30. The fraction of sp³-hybridized carbons (Fsp3) is 0.467. The van der Waals surface area contributed by atoms with Crippen LogP contribution in [-0.4, -0.2) is 97.7 Å². The summed E-state index contributed by atoms with van der Waals surface area (Å²) in [4.78, 5) is 71.2. The Bertz CT molecular complexity index is 2510. The molecule has 0 spiro atoms. The molecule has 6 heterocycles. The molecule has 5 atom stereocenters. The zero-order valence-electron chi connectivity index (χ0n) is 36.1. The van der Waals surface area contributed by atoms with Gasteiger partial charge in [-0.1, -0.05) is 40.7 Å². The van der Waals surface area contributed by atoms with Gasteiger partial charge in [-0.3, -0.25) is 9.59 Å². The number of benzene rings is 2.